The lowest BCUT2D eigenvalue weighted by atomic mass is 9.63. The molecule has 0 heterocycles. The van der Waals surface area contributed by atoms with Crippen LogP contribution in [0.25, 0.3) is 4.91 Å². The van der Waals surface area contributed by atoms with Crippen LogP contribution in [0.1, 0.15) is 116 Å². The van der Waals surface area contributed by atoms with Crippen LogP contribution >= 0.6 is 11.8 Å². The molecule has 4 nitrogen and oxygen atoms in total. The number of nitrogens with one attached hydrogen (secondary N) is 1. The molecule has 0 aromatic heterocycles. The van der Waals surface area contributed by atoms with Gasteiger partial charge >= 0.3 is 0 Å². The Morgan fingerprint density at radius 3 is 2.44 bits per heavy atom. The van der Waals surface area contributed by atoms with E-state index in [0.717, 1.165) is 45.2 Å². The number of rotatable bonds is 16. The van der Waals surface area contributed by atoms with Crippen molar-refractivity contribution in [3.8, 4) is 5.75 Å². The number of ketones is 1. The average molecular weight is 577 g/mol. The summed E-state index contributed by atoms with van der Waals surface area (Å²) < 4.78 is 6.46. The van der Waals surface area contributed by atoms with E-state index in [0.29, 0.717) is 23.8 Å². The Morgan fingerprint density at radius 2 is 1.88 bits per heavy atom. The Kier molecular flexibility index (Phi) is 13.1. The number of allylic oxidation sites excluding steroid dienone is 4. The van der Waals surface area contributed by atoms with Crippen LogP contribution in [-0.4, -0.2) is 23.8 Å². The van der Waals surface area contributed by atoms with Crippen LogP contribution in [0, 0.1) is 22.2 Å². The first-order valence-electron chi connectivity index (χ1n) is 15.0. The van der Waals surface area contributed by atoms with Gasteiger partial charge in [-0.15, -0.1) is 0 Å². The van der Waals surface area contributed by atoms with Crippen molar-refractivity contribution in [2.45, 2.75) is 106 Å². The average Bonchev–Trinajstić information content (AvgIpc) is 2.89. The molecule has 0 unspecified atom stereocenters. The lowest BCUT2D eigenvalue weighted by Gasteiger charge is -2.47. The van der Waals surface area contributed by atoms with Gasteiger partial charge in [0.05, 0.1) is 6.10 Å². The third-order valence-electron chi connectivity index (χ3n) is 8.37. The summed E-state index contributed by atoms with van der Waals surface area (Å²) in [6, 6.07) is 5.86. The van der Waals surface area contributed by atoms with Crippen LogP contribution in [-0.2, 0) is 0 Å². The van der Waals surface area contributed by atoms with Gasteiger partial charge in [0.1, 0.15) is 5.75 Å². The standard InChI is InChI=1S/C36H52N2O2S/c1-11-14-26(5)41-27(6)29-18-30(20-32(19-29)40-33-21-36(13-3,22-33)17-12-2)34(39)16-15-25(4)31(23-37)24-38-28(7)35(8,9)10/h11,14,18-20,23-25,33,37H,1,6,12-13,15-17,21-22H2,2-5,7-10H3/b26-14-,31-24+,37-23?,38-28+/t25-,33?,36?/m0/s1. The number of aliphatic imine (C=N–C) groups is 1. The summed E-state index contributed by atoms with van der Waals surface area (Å²) in [6.45, 7) is 25.1. The minimum Gasteiger partial charge on any atom is -0.490 e. The lowest BCUT2D eigenvalue weighted by molar-refractivity contribution is -0.0242. The van der Waals surface area contributed by atoms with E-state index in [1.165, 1.54) is 25.5 Å². The van der Waals surface area contributed by atoms with Crippen molar-refractivity contribution in [1.82, 2.24) is 0 Å². The van der Waals surface area contributed by atoms with Crippen LogP contribution in [0.4, 0.5) is 0 Å². The number of benzene rings is 1. The molecule has 1 aliphatic rings. The largest absolute Gasteiger partial charge is 0.490 e. The van der Waals surface area contributed by atoms with Crippen molar-refractivity contribution in [3.63, 3.8) is 0 Å². The second-order valence-electron chi connectivity index (χ2n) is 12.6. The number of ether oxygens (including phenoxy) is 1. The van der Waals surface area contributed by atoms with Gasteiger partial charge in [0.25, 0.3) is 0 Å². The first kappa shape index (κ1) is 34.5. The SMILES string of the molecule is C=C/C=C(/C)SC(=C)c1cc(OC2CC(CC)(CCC)C2)cc(C(=O)CC[C@H](C)/C(C=N)=C/N=C(\C)C(C)(C)C)c1. The third-order valence-corrected chi connectivity index (χ3v) is 9.31. The molecule has 2 rings (SSSR count). The van der Waals surface area contributed by atoms with E-state index in [-0.39, 0.29) is 23.2 Å². The van der Waals surface area contributed by atoms with Crippen LogP contribution in [0.15, 0.2) is 65.2 Å². The molecule has 0 amide bonds. The number of thioether (sulfide) groups is 1. The summed E-state index contributed by atoms with van der Waals surface area (Å²) in [4.78, 5) is 20.0. The summed E-state index contributed by atoms with van der Waals surface area (Å²) in [5.74, 6) is 0.852. The second kappa shape index (κ2) is 15.5. The Hall–Kier alpha value is -2.66. The van der Waals surface area contributed by atoms with Crippen molar-refractivity contribution in [2.24, 2.45) is 21.7 Å². The fourth-order valence-corrected chi connectivity index (χ4v) is 5.94. The van der Waals surface area contributed by atoms with Crippen molar-refractivity contribution in [3.05, 3.63) is 71.3 Å². The Balaban J connectivity index is 2.24. The van der Waals surface area contributed by atoms with Crippen LogP contribution < -0.4 is 4.74 Å². The molecule has 0 saturated heterocycles. The minimum absolute atomic E-state index is 0.0243. The molecule has 1 fully saturated rings. The van der Waals surface area contributed by atoms with Crippen LogP contribution in [0.2, 0.25) is 0 Å². The van der Waals surface area contributed by atoms with Gasteiger partial charge in [0, 0.05) is 35.0 Å². The van der Waals surface area contributed by atoms with Crippen molar-refractivity contribution in [1.29, 1.82) is 5.41 Å². The van der Waals surface area contributed by atoms with E-state index in [1.807, 2.05) is 38.1 Å². The van der Waals surface area contributed by atoms with Crippen molar-refractivity contribution in [2.75, 3.05) is 0 Å². The topological polar surface area (TPSA) is 62.5 Å². The third kappa shape index (κ3) is 10.3. The molecular weight excluding hydrogens is 524 g/mol. The molecule has 1 atom stereocenters. The molecule has 224 valence electrons. The molecular formula is C36H52N2O2S. The zero-order chi connectivity index (χ0) is 30.8. The Labute approximate surface area is 254 Å². The number of Topliss-reactive ketones (excluding diaryl/α,β-unsaturated/α-hetero) is 1. The number of carbonyl (C=O) groups is 1. The van der Waals surface area contributed by atoms with E-state index in [4.69, 9.17) is 10.1 Å². The summed E-state index contributed by atoms with van der Waals surface area (Å²) in [5.41, 5.74) is 3.76. The molecule has 0 aliphatic heterocycles. The van der Waals surface area contributed by atoms with Gasteiger partial charge in [-0.05, 0) is 90.5 Å². The summed E-state index contributed by atoms with van der Waals surface area (Å²) in [6.07, 6.45) is 13.8. The van der Waals surface area contributed by atoms with Crippen LogP contribution in [0.3, 0.4) is 0 Å². The predicted molar refractivity (Wildman–Crippen MR) is 180 cm³/mol. The maximum Gasteiger partial charge on any atom is 0.163 e. The summed E-state index contributed by atoms with van der Waals surface area (Å²) in [5, 5.41) is 7.90. The van der Waals surface area contributed by atoms with E-state index < -0.39 is 0 Å². The molecule has 0 radical (unpaired) electrons. The van der Waals surface area contributed by atoms with E-state index in [2.05, 4.69) is 59.7 Å². The van der Waals surface area contributed by atoms with Gasteiger partial charge < -0.3 is 10.1 Å². The molecule has 1 N–H and O–H groups in total. The summed E-state index contributed by atoms with van der Waals surface area (Å²) >= 11 is 1.57. The zero-order valence-electron chi connectivity index (χ0n) is 26.7. The van der Waals surface area contributed by atoms with E-state index >= 15 is 0 Å². The smallest absolute Gasteiger partial charge is 0.163 e. The van der Waals surface area contributed by atoms with Crippen molar-refractivity contribution >= 4 is 34.4 Å². The monoisotopic (exact) mass is 576 g/mol. The van der Waals surface area contributed by atoms with Gasteiger partial charge in [-0.3, -0.25) is 9.79 Å². The van der Waals surface area contributed by atoms with Gasteiger partial charge in [-0.2, -0.15) is 0 Å². The van der Waals surface area contributed by atoms with Crippen LogP contribution in [0.5, 0.6) is 5.75 Å². The normalized spacial score (nSPS) is 20.7. The van der Waals surface area contributed by atoms with Gasteiger partial charge in [-0.1, -0.05) is 91.5 Å². The Bertz CT molecular complexity index is 1190. The summed E-state index contributed by atoms with van der Waals surface area (Å²) in [7, 11) is 0. The molecule has 1 aromatic carbocycles. The molecule has 5 heteroatoms. The number of carbonyl (C=O) groups excluding carboxylic acids is 1. The second-order valence-corrected chi connectivity index (χ2v) is 14.0. The van der Waals surface area contributed by atoms with Gasteiger partial charge in [0.15, 0.2) is 5.78 Å². The zero-order valence-corrected chi connectivity index (χ0v) is 27.5. The predicted octanol–water partition coefficient (Wildman–Crippen LogP) is 10.9. The van der Waals surface area contributed by atoms with E-state index in [1.54, 1.807) is 24.0 Å². The van der Waals surface area contributed by atoms with Gasteiger partial charge in [-0.25, -0.2) is 0 Å². The molecule has 1 aliphatic carbocycles. The quantitative estimate of drug-likeness (QED) is 0.121. The first-order chi connectivity index (χ1) is 19.3. The first-order valence-corrected chi connectivity index (χ1v) is 15.9. The highest BCUT2D eigenvalue weighted by Gasteiger charge is 2.43. The minimum atomic E-state index is -0.0243. The highest BCUT2D eigenvalue weighted by molar-refractivity contribution is 8.11. The van der Waals surface area contributed by atoms with Gasteiger partial charge in [0.2, 0.25) is 0 Å². The molecule has 0 spiro atoms. The lowest BCUT2D eigenvalue weighted by Crippen LogP contribution is -2.43. The molecule has 1 saturated carbocycles. The number of hydrogen-bond donors (Lipinski definition) is 1. The highest BCUT2D eigenvalue weighted by atomic mass is 32.2. The maximum absolute atomic E-state index is 13.5. The number of hydrogen-bond acceptors (Lipinski definition) is 5. The number of nitrogens with zero attached hydrogens (tertiary/aromatic N) is 1. The maximum atomic E-state index is 13.5. The molecule has 0 bridgehead atoms. The highest BCUT2D eigenvalue weighted by Crippen LogP contribution is 2.49. The fourth-order valence-electron chi connectivity index (χ4n) is 5.15. The Morgan fingerprint density at radius 1 is 1.22 bits per heavy atom. The van der Waals surface area contributed by atoms with Crippen molar-refractivity contribution < 1.29 is 9.53 Å². The molecule has 41 heavy (non-hydrogen) atoms. The molecule has 1 aromatic rings. The van der Waals surface area contributed by atoms with E-state index in [9.17, 15) is 4.79 Å². The fraction of sp³-hybridized carbons (Fsp3) is 0.528.